The number of rotatable bonds is 5. The van der Waals surface area contributed by atoms with E-state index in [1.165, 1.54) is 0 Å². The molecule has 29 heavy (non-hydrogen) atoms. The maximum Gasteiger partial charge on any atom is 0.254 e. The highest BCUT2D eigenvalue weighted by molar-refractivity contribution is 7.98. The number of likely N-dealkylation sites (tertiary alicyclic amines) is 1. The Kier molecular flexibility index (Phi) is 7.24. The van der Waals surface area contributed by atoms with Gasteiger partial charge in [0.15, 0.2) is 5.82 Å². The summed E-state index contributed by atoms with van der Waals surface area (Å²) in [5.41, 5.74) is 7.60. The molecule has 0 saturated carbocycles. The Morgan fingerprint density at radius 1 is 1.07 bits per heavy atom. The molecule has 3 aromatic rings. The van der Waals surface area contributed by atoms with E-state index in [2.05, 4.69) is 15.5 Å². The number of nitrogens with zero attached hydrogens (tertiary/aromatic N) is 5. The zero-order valence-corrected chi connectivity index (χ0v) is 17.5. The second-order valence-corrected chi connectivity index (χ2v) is 7.77. The number of hydrogen-bond acceptors (Lipinski definition) is 6. The summed E-state index contributed by atoms with van der Waals surface area (Å²) in [6, 6.07) is 17.7. The lowest BCUT2D eigenvalue weighted by Gasteiger charge is -2.30. The number of hydrogen-bond donors (Lipinski definition) is 1. The van der Waals surface area contributed by atoms with E-state index in [9.17, 15) is 4.79 Å². The van der Waals surface area contributed by atoms with Crippen molar-refractivity contribution < 1.29 is 4.79 Å². The fourth-order valence-electron chi connectivity index (χ4n) is 3.25. The van der Waals surface area contributed by atoms with Crippen LogP contribution in [0.3, 0.4) is 0 Å². The highest BCUT2D eigenvalue weighted by Crippen LogP contribution is 2.27. The van der Waals surface area contributed by atoms with E-state index in [-0.39, 0.29) is 24.4 Å². The number of thioether (sulfide) groups is 1. The summed E-state index contributed by atoms with van der Waals surface area (Å²) in [5, 5.41) is 12.1. The SMILES string of the molecule is Cl.NC1CCN(C(=O)c2ccccc2SCc2nnnn2-c2ccccc2)CC1. The Morgan fingerprint density at radius 3 is 2.52 bits per heavy atom. The Labute approximate surface area is 180 Å². The maximum absolute atomic E-state index is 13.0. The summed E-state index contributed by atoms with van der Waals surface area (Å²) in [5.74, 6) is 1.37. The molecule has 1 aromatic heterocycles. The molecule has 2 aromatic carbocycles. The number of nitrogens with two attached hydrogens (primary N) is 1. The first-order chi connectivity index (χ1) is 13.7. The molecule has 0 atom stereocenters. The van der Waals surface area contributed by atoms with E-state index in [4.69, 9.17) is 5.73 Å². The number of tetrazole rings is 1. The first kappa shape index (κ1) is 21.3. The molecule has 4 rings (SSSR count). The molecule has 1 saturated heterocycles. The Balaban J connectivity index is 0.00000240. The van der Waals surface area contributed by atoms with Gasteiger partial charge < -0.3 is 10.6 Å². The minimum atomic E-state index is 0. The molecule has 0 aliphatic carbocycles. The molecule has 2 N–H and O–H groups in total. The van der Waals surface area contributed by atoms with E-state index in [1.54, 1.807) is 16.4 Å². The molecule has 1 amide bonds. The quantitative estimate of drug-likeness (QED) is 0.626. The second-order valence-electron chi connectivity index (χ2n) is 6.76. The van der Waals surface area contributed by atoms with Crippen LogP contribution in [0.1, 0.15) is 29.0 Å². The monoisotopic (exact) mass is 430 g/mol. The predicted molar refractivity (Wildman–Crippen MR) is 116 cm³/mol. The van der Waals surface area contributed by atoms with E-state index >= 15 is 0 Å². The number of benzene rings is 2. The van der Waals surface area contributed by atoms with Crippen molar-refractivity contribution in [1.29, 1.82) is 0 Å². The first-order valence-corrected chi connectivity index (χ1v) is 10.3. The Morgan fingerprint density at radius 2 is 1.76 bits per heavy atom. The molecule has 1 fully saturated rings. The van der Waals surface area contributed by atoms with Crippen molar-refractivity contribution in [3.63, 3.8) is 0 Å². The van der Waals surface area contributed by atoms with Gasteiger partial charge in [0, 0.05) is 24.0 Å². The fraction of sp³-hybridized carbons (Fsp3) is 0.300. The Bertz CT molecular complexity index is 943. The number of piperidine rings is 1. The van der Waals surface area contributed by atoms with Crippen LogP contribution in [0.4, 0.5) is 0 Å². The molecule has 0 bridgehead atoms. The lowest BCUT2D eigenvalue weighted by atomic mass is 10.0. The van der Waals surface area contributed by atoms with Crippen LogP contribution in [-0.2, 0) is 5.75 Å². The predicted octanol–water partition coefficient (Wildman–Crippen LogP) is 2.94. The highest BCUT2D eigenvalue weighted by atomic mass is 35.5. The largest absolute Gasteiger partial charge is 0.338 e. The molecule has 9 heteroatoms. The molecule has 0 unspecified atom stereocenters. The van der Waals surface area contributed by atoms with Crippen molar-refractivity contribution in [1.82, 2.24) is 25.1 Å². The van der Waals surface area contributed by atoms with Gasteiger partial charge in [-0.1, -0.05) is 30.3 Å². The van der Waals surface area contributed by atoms with Crippen LogP contribution in [0.5, 0.6) is 0 Å². The highest BCUT2D eigenvalue weighted by Gasteiger charge is 2.23. The van der Waals surface area contributed by atoms with Crippen LogP contribution >= 0.6 is 24.2 Å². The minimum absolute atomic E-state index is 0. The first-order valence-electron chi connectivity index (χ1n) is 9.32. The average Bonchev–Trinajstić information content (AvgIpc) is 3.22. The van der Waals surface area contributed by atoms with Crippen LogP contribution < -0.4 is 5.73 Å². The average molecular weight is 431 g/mol. The number of para-hydroxylation sites is 1. The zero-order chi connectivity index (χ0) is 19.3. The lowest BCUT2D eigenvalue weighted by Crippen LogP contribution is -2.43. The molecule has 0 radical (unpaired) electrons. The zero-order valence-electron chi connectivity index (χ0n) is 15.8. The van der Waals surface area contributed by atoms with Gasteiger partial charge in [-0.15, -0.1) is 29.3 Å². The third-order valence-corrected chi connectivity index (χ3v) is 5.91. The molecular weight excluding hydrogens is 408 g/mol. The van der Waals surface area contributed by atoms with Gasteiger partial charge in [0.1, 0.15) is 0 Å². The van der Waals surface area contributed by atoms with Crippen LogP contribution in [0.25, 0.3) is 5.69 Å². The molecule has 152 valence electrons. The van der Waals surface area contributed by atoms with Crippen molar-refractivity contribution in [3.8, 4) is 5.69 Å². The van der Waals surface area contributed by atoms with E-state index in [0.717, 1.165) is 34.8 Å². The normalized spacial score (nSPS) is 14.4. The second kappa shape index (κ2) is 9.87. The third-order valence-electron chi connectivity index (χ3n) is 4.84. The fourth-order valence-corrected chi connectivity index (χ4v) is 4.20. The molecule has 0 spiro atoms. The van der Waals surface area contributed by atoms with E-state index in [1.807, 2.05) is 59.5 Å². The summed E-state index contributed by atoms with van der Waals surface area (Å²) in [6.07, 6.45) is 1.71. The van der Waals surface area contributed by atoms with Crippen molar-refractivity contribution in [2.75, 3.05) is 13.1 Å². The van der Waals surface area contributed by atoms with Gasteiger partial charge in [-0.05, 0) is 47.5 Å². The Hall–Kier alpha value is -2.42. The molecule has 1 aliphatic rings. The third kappa shape index (κ3) is 4.95. The summed E-state index contributed by atoms with van der Waals surface area (Å²) >= 11 is 1.57. The molecular formula is C20H23ClN6OS. The standard InChI is InChI=1S/C20H22N6OS.ClH/c21-15-10-12-25(13-11-15)20(27)17-8-4-5-9-18(17)28-14-19-22-23-24-26(19)16-6-2-1-3-7-16;/h1-9,15H,10-14,21H2;1H. The summed E-state index contributed by atoms with van der Waals surface area (Å²) in [7, 11) is 0. The molecule has 7 nitrogen and oxygen atoms in total. The topological polar surface area (TPSA) is 89.9 Å². The summed E-state index contributed by atoms with van der Waals surface area (Å²) in [4.78, 5) is 15.8. The smallest absolute Gasteiger partial charge is 0.254 e. The van der Waals surface area contributed by atoms with Gasteiger partial charge in [-0.3, -0.25) is 4.79 Å². The van der Waals surface area contributed by atoms with Crippen molar-refractivity contribution >= 4 is 30.1 Å². The number of amides is 1. The molecule has 2 heterocycles. The number of carbonyl (C=O) groups excluding carboxylic acids is 1. The summed E-state index contributed by atoms with van der Waals surface area (Å²) < 4.78 is 1.73. The minimum Gasteiger partial charge on any atom is -0.338 e. The molecule has 1 aliphatic heterocycles. The number of halogens is 1. The van der Waals surface area contributed by atoms with Crippen molar-refractivity contribution in [2.45, 2.75) is 29.5 Å². The van der Waals surface area contributed by atoms with Crippen LogP contribution in [0, 0.1) is 0 Å². The summed E-state index contributed by atoms with van der Waals surface area (Å²) in [6.45, 7) is 1.43. The number of aromatic nitrogens is 4. The van der Waals surface area contributed by atoms with Gasteiger partial charge in [-0.2, -0.15) is 4.68 Å². The van der Waals surface area contributed by atoms with Gasteiger partial charge >= 0.3 is 0 Å². The van der Waals surface area contributed by atoms with E-state index < -0.39 is 0 Å². The van der Waals surface area contributed by atoms with Gasteiger partial charge in [-0.25, -0.2) is 0 Å². The van der Waals surface area contributed by atoms with E-state index in [0.29, 0.717) is 18.8 Å². The van der Waals surface area contributed by atoms with Crippen LogP contribution in [-0.4, -0.2) is 50.1 Å². The van der Waals surface area contributed by atoms with Crippen molar-refractivity contribution in [3.05, 3.63) is 66.0 Å². The van der Waals surface area contributed by atoms with Crippen molar-refractivity contribution in [2.24, 2.45) is 5.73 Å². The lowest BCUT2D eigenvalue weighted by molar-refractivity contribution is 0.0711. The van der Waals surface area contributed by atoms with Crippen LogP contribution in [0.15, 0.2) is 59.5 Å². The van der Waals surface area contributed by atoms with Crippen LogP contribution in [0.2, 0.25) is 0 Å². The van der Waals surface area contributed by atoms with Gasteiger partial charge in [0.25, 0.3) is 5.91 Å². The maximum atomic E-state index is 13.0. The van der Waals surface area contributed by atoms with Gasteiger partial charge in [0.2, 0.25) is 0 Å². The number of carbonyl (C=O) groups is 1. The van der Waals surface area contributed by atoms with Gasteiger partial charge in [0.05, 0.1) is 17.0 Å².